The van der Waals surface area contributed by atoms with E-state index in [1.54, 1.807) is 0 Å². The van der Waals surface area contributed by atoms with Crippen LogP contribution in [0.2, 0.25) is 0 Å². The average molecular weight is 329 g/mol. The van der Waals surface area contributed by atoms with Gasteiger partial charge in [-0.05, 0) is 48.3 Å². The maximum Gasteiger partial charge on any atom is 0.167 e. The second-order valence-electron chi connectivity index (χ2n) is 10.3. The molecule has 132 valence electrons. The Morgan fingerprint density at radius 2 is 1.54 bits per heavy atom. The molecule has 3 nitrogen and oxygen atoms in total. The highest BCUT2D eigenvalue weighted by Gasteiger charge is 2.67. The second-order valence-corrected chi connectivity index (χ2v) is 10.3. The van der Waals surface area contributed by atoms with E-state index in [0.29, 0.717) is 23.4 Å². The monoisotopic (exact) mass is 329 g/mol. The van der Waals surface area contributed by atoms with Gasteiger partial charge in [0.25, 0.3) is 0 Å². The largest absolute Gasteiger partial charge is 0.381 e. The predicted molar refractivity (Wildman–Crippen MR) is 94.2 cm³/mol. The number of fused-ring (bicyclic) bond motifs is 4. The molecule has 4 saturated carbocycles. The summed E-state index contributed by atoms with van der Waals surface area (Å²) in [6.45, 7) is 13.2. The normalized spacial score (nSPS) is 49.4. The predicted octanol–water partition coefficient (Wildman–Crippen LogP) is 3.88. The molecule has 0 spiro atoms. The molecule has 4 rings (SSSR count). The van der Waals surface area contributed by atoms with Gasteiger partial charge in [0.2, 0.25) is 0 Å². The molecule has 4 bridgehead atoms. The van der Waals surface area contributed by atoms with E-state index < -0.39 is 0 Å². The van der Waals surface area contributed by atoms with Crippen LogP contribution in [-0.2, 0) is 9.59 Å². The Kier molecular flexibility index (Phi) is 2.96. The Balaban J connectivity index is 1.62. The summed E-state index contributed by atoms with van der Waals surface area (Å²) in [4.78, 5) is 25.9. The lowest BCUT2D eigenvalue weighted by atomic mass is 9.70. The third kappa shape index (κ3) is 1.51. The molecule has 5 unspecified atom stereocenters. The zero-order valence-corrected chi connectivity index (χ0v) is 16.0. The van der Waals surface area contributed by atoms with E-state index in [0.717, 1.165) is 31.3 Å². The van der Waals surface area contributed by atoms with Crippen molar-refractivity contribution in [1.29, 1.82) is 0 Å². The molecule has 0 aromatic carbocycles. The molecular weight excluding hydrogens is 298 g/mol. The summed E-state index contributed by atoms with van der Waals surface area (Å²) >= 11 is 0. The number of hydrogen-bond donors (Lipinski definition) is 1. The Hall–Kier alpha value is -1.12. The second kappa shape index (κ2) is 4.34. The Labute approximate surface area is 145 Å². The van der Waals surface area contributed by atoms with Crippen molar-refractivity contribution < 1.29 is 9.59 Å². The van der Waals surface area contributed by atoms with E-state index in [2.05, 4.69) is 46.9 Å². The van der Waals surface area contributed by atoms with Crippen LogP contribution in [-0.4, -0.2) is 17.6 Å². The molecule has 0 amide bonds. The smallest absolute Gasteiger partial charge is 0.167 e. The van der Waals surface area contributed by atoms with E-state index >= 15 is 0 Å². The summed E-state index contributed by atoms with van der Waals surface area (Å²) < 4.78 is 0. The number of carbonyl (C=O) groups excluding carboxylic acids is 2. The van der Waals surface area contributed by atoms with Crippen molar-refractivity contribution in [1.82, 2.24) is 5.32 Å². The molecule has 0 saturated heterocycles. The van der Waals surface area contributed by atoms with Crippen molar-refractivity contribution in [2.75, 3.05) is 0 Å². The van der Waals surface area contributed by atoms with Crippen LogP contribution in [0.5, 0.6) is 0 Å². The van der Waals surface area contributed by atoms with Crippen molar-refractivity contribution in [3.05, 3.63) is 11.8 Å². The van der Waals surface area contributed by atoms with E-state index in [1.807, 2.05) is 6.20 Å². The molecule has 4 aliphatic rings. The van der Waals surface area contributed by atoms with Gasteiger partial charge in [-0.25, -0.2) is 0 Å². The molecule has 0 radical (unpaired) electrons. The summed E-state index contributed by atoms with van der Waals surface area (Å²) in [6, 6.07) is -0.117. The summed E-state index contributed by atoms with van der Waals surface area (Å²) in [7, 11) is 0. The maximum atomic E-state index is 13.0. The topological polar surface area (TPSA) is 46.2 Å². The molecule has 5 atom stereocenters. The van der Waals surface area contributed by atoms with Gasteiger partial charge in [0.15, 0.2) is 11.6 Å². The van der Waals surface area contributed by atoms with Crippen LogP contribution in [0.15, 0.2) is 11.8 Å². The minimum Gasteiger partial charge on any atom is -0.381 e. The molecule has 3 heteroatoms. The SMILES string of the molecule is CC12CCC(/C(=C\NC3C(=O)C4(C)CCC3C4(C)C)C1=O)C2(C)C. The Morgan fingerprint density at radius 3 is 2.04 bits per heavy atom. The van der Waals surface area contributed by atoms with Crippen LogP contribution >= 0.6 is 0 Å². The Morgan fingerprint density at radius 1 is 0.917 bits per heavy atom. The van der Waals surface area contributed by atoms with Gasteiger partial charge in [0, 0.05) is 22.6 Å². The van der Waals surface area contributed by atoms with Crippen LogP contribution in [0.4, 0.5) is 0 Å². The molecule has 1 N–H and O–H groups in total. The first-order valence-corrected chi connectivity index (χ1v) is 9.54. The van der Waals surface area contributed by atoms with Gasteiger partial charge >= 0.3 is 0 Å². The van der Waals surface area contributed by atoms with Gasteiger partial charge in [0.1, 0.15) is 0 Å². The first-order valence-electron chi connectivity index (χ1n) is 9.54. The van der Waals surface area contributed by atoms with Crippen LogP contribution in [0.25, 0.3) is 0 Å². The van der Waals surface area contributed by atoms with Gasteiger partial charge < -0.3 is 5.32 Å². The molecule has 0 aliphatic heterocycles. The van der Waals surface area contributed by atoms with Gasteiger partial charge in [-0.2, -0.15) is 0 Å². The lowest BCUT2D eigenvalue weighted by Crippen LogP contribution is -2.41. The van der Waals surface area contributed by atoms with Crippen LogP contribution in [0.1, 0.15) is 67.2 Å². The van der Waals surface area contributed by atoms with E-state index in [-0.39, 0.29) is 27.7 Å². The number of allylic oxidation sites excluding steroid dienone is 1. The lowest BCUT2D eigenvalue weighted by molar-refractivity contribution is -0.130. The molecule has 0 aromatic rings. The molecule has 4 fully saturated rings. The zero-order chi connectivity index (χ0) is 17.7. The number of ketones is 2. The molecular formula is C21H31NO2. The number of hydrogen-bond acceptors (Lipinski definition) is 3. The van der Waals surface area contributed by atoms with Crippen LogP contribution in [0, 0.1) is 33.5 Å². The average Bonchev–Trinajstić information content (AvgIpc) is 2.97. The third-order valence-corrected chi connectivity index (χ3v) is 9.32. The summed E-state index contributed by atoms with van der Waals surface area (Å²) in [5, 5.41) is 3.42. The van der Waals surface area contributed by atoms with Gasteiger partial charge in [-0.1, -0.05) is 41.5 Å². The standard InChI is InChI=1S/C21H31NO2/c1-18(2)13-7-9-20(18,5)16(23)12(13)11-22-15-14-8-10-21(6,17(15)24)19(14,3)4/h11,13-15,22H,7-10H2,1-6H3/b12-11+. The van der Waals surface area contributed by atoms with Crippen molar-refractivity contribution in [3.63, 3.8) is 0 Å². The zero-order valence-electron chi connectivity index (χ0n) is 16.0. The minimum atomic E-state index is -0.227. The third-order valence-electron chi connectivity index (χ3n) is 9.32. The number of carbonyl (C=O) groups is 2. The van der Waals surface area contributed by atoms with E-state index in [1.165, 1.54) is 0 Å². The van der Waals surface area contributed by atoms with E-state index in [9.17, 15) is 9.59 Å². The van der Waals surface area contributed by atoms with Crippen molar-refractivity contribution >= 4 is 11.6 Å². The fourth-order valence-electron chi connectivity index (χ4n) is 6.55. The molecule has 0 heterocycles. The highest BCUT2D eigenvalue weighted by Crippen LogP contribution is 2.66. The number of rotatable bonds is 2. The maximum absolute atomic E-state index is 13.0. The fourth-order valence-corrected chi connectivity index (χ4v) is 6.55. The molecule has 0 aromatic heterocycles. The quantitative estimate of drug-likeness (QED) is 0.782. The number of nitrogens with one attached hydrogen (secondary N) is 1. The lowest BCUT2D eigenvalue weighted by Gasteiger charge is -2.32. The van der Waals surface area contributed by atoms with Crippen molar-refractivity contribution in [2.24, 2.45) is 33.5 Å². The van der Waals surface area contributed by atoms with E-state index in [4.69, 9.17) is 0 Å². The van der Waals surface area contributed by atoms with Crippen molar-refractivity contribution in [2.45, 2.75) is 73.3 Å². The Bertz CT molecular complexity index is 673. The summed E-state index contributed by atoms with van der Waals surface area (Å²) in [6.07, 6.45) is 6.13. The molecule has 24 heavy (non-hydrogen) atoms. The minimum absolute atomic E-state index is 0.0293. The van der Waals surface area contributed by atoms with Crippen molar-refractivity contribution in [3.8, 4) is 0 Å². The van der Waals surface area contributed by atoms with Gasteiger partial charge in [0.05, 0.1) is 6.04 Å². The highest BCUT2D eigenvalue weighted by molar-refractivity contribution is 6.04. The first-order chi connectivity index (χ1) is 11.0. The first kappa shape index (κ1) is 16.4. The van der Waals surface area contributed by atoms with Gasteiger partial charge in [-0.15, -0.1) is 0 Å². The fraction of sp³-hybridized carbons (Fsp3) is 0.810. The summed E-state index contributed by atoms with van der Waals surface area (Å²) in [5.74, 6) is 1.36. The summed E-state index contributed by atoms with van der Waals surface area (Å²) in [5.41, 5.74) is 0.575. The van der Waals surface area contributed by atoms with Crippen LogP contribution in [0.3, 0.4) is 0 Å². The van der Waals surface area contributed by atoms with Gasteiger partial charge in [-0.3, -0.25) is 9.59 Å². The van der Waals surface area contributed by atoms with Crippen LogP contribution < -0.4 is 5.32 Å². The number of Topliss-reactive ketones (excluding diaryl/α,β-unsaturated/α-hetero) is 2. The highest BCUT2D eigenvalue weighted by atomic mass is 16.1. The molecule has 4 aliphatic carbocycles.